The topological polar surface area (TPSA) is 135 Å². The second kappa shape index (κ2) is 6.34. The smallest absolute Gasteiger partial charge is 0.407 e. The standard InChI is InChI=1S/C16H17N3O6/c1-24-8-4-5-11-9(7-8)12(13(25-11)14(17)20)18-15(21)10-3-2-6-19(10)16(22)23/h4-5,7,10H,2-3,6H2,1H3,(H2,17,20)(H,18,21)(H,22,23)/t10-/m0/s1. The number of methoxy groups -OCH3 is 1. The molecule has 1 atom stereocenters. The Balaban J connectivity index is 1.99. The van der Waals surface area contributed by atoms with Crippen LogP contribution >= 0.6 is 0 Å². The average molecular weight is 347 g/mol. The SMILES string of the molecule is COc1ccc2oc(C(N)=O)c(NC(=O)[C@@H]3CCCN3C(=O)O)c2c1. The van der Waals surface area contributed by atoms with Crippen LogP contribution in [0.15, 0.2) is 22.6 Å². The number of carbonyl (C=O) groups excluding carboxylic acids is 2. The first kappa shape index (κ1) is 16.6. The van der Waals surface area contributed by atoms with Gasteiger partial charge in [0.2, 0.25) is 11.7 Å². The first-order valence-electron chi connectivity index (χ1n) is 7.63. The highest BCUT2D eigenvalue weighted by atomic mass is 16.5. The minimum atomic E-state index is -1.16. The zero-order chi connectivity index (χ0) is 18.1. The third kappa shape index (κ3) is 2.95. The van der Waals surface area contributed by atoms with Crippen molar-refractivity contribution in [3.8, 4) is 5.75 Å². The molecule has 0 aliphatic carbocycles. The van der Waals surface area contributed by atoms with E-state index in [1.54, 1.807) is 18.2 Å². The van der Waals surface area contributed by atoms with Crippen molar-refractivity contribution >= 4 is 34.6 Å². The molecule has 1 saturated heterocycles. The third-order valence-electron chi connectivity index (χ3n) is 4.17. The first-order chi connectivity index (χ1) is 11.9. The largest absolute Gasteiger partial charge is 0.497 e. The van der Waals surface area contributed by atoms with Gasteiger partial charge in [-0.3, -0.25) is 14.5 Å². The average Bonchev–Trinajstić information content (AvgIpc) is 3.19. The molecule has 2 aromatic rings. The van der Waals surface area contributed by atoms with E-state index >= 15 is 0 Å². The van der Waals surface area contributed by atoms with Gasteiger partial charge >= 0.3 is 6.09 Å². The predicted octanol–water partition coefficient (Wildman–Crippen LogP) is 1.62. The summed E-state index contributed by atoms with van der Waals surface area (Å²) >= 11 is 0. The Morgan fingerprint density at radius 3 is 2.80 bits per heavy atom. The number of hydrogen-bond acceptors (Lipinski definition) is 5. The summed E-state index contributed by atoms with van der Waals surface area (Å²) in [5.41, 5.74) is 5.80. The Bertz CT molecular complexity index is 859. The maximum Gasteiger partial charge on any atom is 0.407 e. The summed E-state index contributed by atoms with van der Waals surface area (Å²) in [5, 5.41) is 12.2. The molecule has 0 spiro atoms. The second-order valence-corrected chi connectivity index (χ2v) is 5.66. The van der Waals surface area contributed by atoms with Crippen molar-refractivity contribution < 1.29 is 28.6 Å². The van der Waals surface area contributed by atoms with Gasteiger partial charge in [0.25, 0.3) is 5.91 Å². The number of hydrogen-bond donors (Lipinski definition) is 3. The predicted molar refractivity (Wildman–Crippen MR) is 87.7 cm³/mol. The molecule has 0 unspecified atom stereocenters. The quantitative estimate of drug-likeness (QED) is 0.769. The Morgan fingerprint density at radius 1 is 1.40 bits per heavy atom. The van der Waals surface area contributed by atoms with Crippen LogP contribution in [0.5, 0.6) is 5.75 Å². The Morgan fingerprint density at radius 2 is 2.16 bits per heavy atom. The van der Waals surface area contributed by atoms with E-state index in [0.717, 1.165) is 4.90 Å². The molecule has 0 bridgehead atoms. The van der Waals surface area contributed by atoms with Crippen molar-refractivity contribution in [3.63, 3.8) is 0 Å². The molecule has 1 aliphatic rings. The summed E-state index contributed by atoms with van der Waals surface area (Å²) in [5.74, 6) is -1.07. The number of likely N-dealkylation sites (tertiary alicyclic amines) is 1. The lowest BCUT2D eigenvalue weighted by Gasteiger charge is -2.20. The Kier molecular flexibility index (Phi) is 4.22. The van der Waals surface area contributed by atoms with Crippen molar-refractivity contribution in [2.45, 2.75) is 18.9 Å². The number of fused-ring (bicyclic) bond motifs is 1. The second-order valence-electron chi connectivity index (χ2n) is 5.66. The van der Waals surface area contributed by atoms with Gasteiger partial charge in [0.15, 0.2) is 0 Å². The van der Waals surface area contributed by atoms with Crippen LogP contribution in [0.4, 0.5) is 10.5 Å². The van der Waals surface area contributed by atoms with Crippen molar-refractivity contribution in [2.24, 2.45) is 5.73 Å². The molecule has 25 heavy (non-hydrogen) atoms. The highest BCUT2D eigenvalue weighted by Crippen LogP contribution is 2.34. The van der Waals surface area contributed by atoms with Crippen molar-refractivity contribution in [3.05, 3.63) is 24.0 Å². The van der Waals surface area contributed by atoms with Crippen LogP contribution in [0.3, 0.4) is 0 Å². The van der Waals surface area contributed by atoms with Crippen LogP contribution in [-0.4, -0.2) is 47.6 Å². The van der Waals surface area contributed by atoms with Crippen molar-refractivity contribution in [1.82, 2.24) is 4.90 Å². The number of amides is 3. The van der Waals surface area contributed by atoms with E-state index in [-0.39, 0.29) is 18.0 Å². The molecule has 3 amide bonds. The van der Waals surface area contributed by atoms with Crippen LogP contribution < -0.4 is 15.8 Å². The lowest BCUT2D eigenvalue weighted by molar-refractivity contribution is -0.119. The molecule has 0 radical (unpaired) electrons. The van der Waals surface area contributed by atoms with Crippen molar-refractivity contribution in [1.29, 1.82) is 0 Å². The lowest BCUT2D eigenvalue weighted by Crippen LogP contribution is -2.42. The van der Waals surface area contributed by atoms with Gasteiger partial charge in [-0.05, 0) is 31.0 Å². The number of rotatable bonds is 4. The molecule has 132 valence electrons. The van der Waals surface area contributed by atoms with E-state index < -0.39 is 23.9 Å². The minimum Gasteiger partial charge on any atom is -0.497 e. The maximum atomic E-state index is 12.6. The molecular formula is C16H17N3O6. The fourth-order valence-corrected chi connectivity index (χ4v) is 2.98. The highest BCUT2D eigenvalue weighted by Gasteiger charge is 2.35. The number of carbonyl (C=O) groups is 3. The van der Waals surface area contributed by atoms with Gasteiger partial charge < -0.3 is 25.3 Å². The fourth-order valence-electron chi connectivity index (χ4n) is 2.98. The molecule has 0 saturated carbocycles. The molecule has 1 aromatic heterocycles. The fraction of sp³-hybridized carbons (Fsp3) is 0.312. The number of ether oxygens (including phenoxy) is 1. The van der Waals surface area contributed by atoms with Gasteiger partial charge in [0, 0.05) is 11.9 Å². The van der Waals surface area contributed by atoms with Gasteiger partial charge in [-0.2, -0.15) is 0 Å². The highest BCUT2D eigenvalue weighted by molar-refractivity contribution is 6.11. The Labute approximate surface area is 142 Å². The Hall–Kier alpha value is -3.23. The monoisotopic (exact) mass is 347 g/mol. The number of furan rings is 1. The minimum absolute atomic E-state index is 0.114. The molecule has 3 rings (SSSR count). The summed E-state index contributed by atoms with van der Waals surface area (Å²) in [6.45, 7) is 0.288. The number of benzene rings is 1. The van der Waals surface area contributed by atoms with E-state index in [0.29, 0.717) is 29.6 Å². The van der Waals surface area contributed by atoms with Gasteiger partial charge in [-0.25, -0.2) is 4.79 Å². The van der Waals surface area contributed by atoms with E-state index in [1.807, 2.05) is 0 Å². The number of nitrogens with two attached hydrogens (primary N) is 1. The zero-order valence-electron chi connectivity index (χ0n) is 13.4. The summed E-state index contributed by atoms with van der Waals surface area (Å²) in [6, 6.07) is 4.01. The van der Waals surface area contributed by atoms with Gasteiger partial charge in [-0.15, -0.1) is 0 Å². The molecule has 1 aromatic carbocycles. The lowest BCUT2D eigenvalue weighted by atomic mass is 10.1. The summed E-state index contributed by atoms with van der Waals surface area (Å²) in [4.78, 5) is 36.5. The van der Waals surface area contributed by atoms with Crippen molar-refractivity contribution in [2.75, 3.05) is 19.0 Å². The van der Waals surface area contributed by atoms with E-state index in [2.05, 4.69) is 5.32 Å². The molecule has 4 N–H and O–H groups in total. The number of nitrogens with zero attached hydrogens (tertiary/aromatic N) is 1. The maximum absolute atomic E-state index is 12.6. The molecule has 9 heteroatoms. The van der Waals surface area contributed by atoms with E-state index in [9.17, 15) is 19.5 Å². The van der Waals surface area contributed by atoms with Gasteiger partial charge in [-0.1, -0.05) is 0 Å². The van der Waals surface area contributed by atoms with Crippen LogP contribution in [0.2, 0.25) is 0 Å². The number of anilines is 1. The van der Waals surface area contributed by atoms with Gasteiger partial charge in [0.1, 0.15) is 23.1 Å². The summed E-state index contributed by atoms with van der Waals surface area (Å²) < 4.78 is 10.6. The summed E-state index contributed by atoms with van der Waals surface area (Å²) in [7, 11) is 1.48. The molecule has 2 heterocycles. The van der Waals surface area contributed by atoms with Gasteiger partial charge in [0.05, 0.1) is 7.11 Å². The van der Waals surface area contributed by atoms with Crippen LogP contribution in [-0.2, 0) is 4.79 Å². The number of nitrogens with one attached hydrogen (secondary N) is 1. The molecule has 1 aliphatic heterocycles. The normalized spacial score (nSPS) is 16.8. The van der Waals surface area contributed by atoms with E-state index in [1.165, 1.54) is 7.11 Å². The van der Waals surface area contributed by atoms with Crippen LogP contribution in [0, 0.1) is 0 Å². The van der Waals surface area contributed by atoms with Crippen LogP contribution in [0.1, 0.15) is 23.4 Å². The molecular weight excluding hydrogens is 330 g/mol. The van der Waals surface area contributed by atoms with Crippen LogP contribution in [0.25, 0.3) is 11.0 Å². The molecule has 9 nitrogen and oxygen atoms in total. The molecule has 1 fully saturated rings. The number of carboxylic acid groups (broad SMARTS) is 1. The number of primary amides is 1. The zero-order valence-corrected chi connectivity index (χ0v) is 13.4. The first-order valence-corrected chi connectivity index (χ1v) is 7.63. The van der Waals surface area contributed by atoms with E-state index in [4.69, 9.17) is 14.9 Å². The summed E-state index contributed by atoms with van der Waals surface area (Å²) in [6.07, 6.45) is -0.164. The third-order valence-corrected chi connectivity index (χ3v) is 4.17.